The number of benzene rings is 1. The Kier molecular flexibility index (Phi) is 4.84. The van der Waals surface area contributed by atoms with Gasteiger partial charge in [-0.3, -0.25) is 0 Å². The summed E-state index contributed by atoms with van der Waals surface area (Å²) in [5.41, 5.74) is 2.46. The number of hydrogen-bond acceptors (Lipinski definition) is 3. The van der Waals surface area contributed by atoms with Crippen LogP contribution in [-0.4, -0.2) is 19.7 Å². The molecule has 0 heterocycles. The summed E-state index contributed by atoms with van der Waals surface area (Å²) in [5.74, 6) is 6.72. The van der Waals surface area contributed by atoms with E-state index in [0.29, 0.717) is 6.61 Å². The van der Waals surface area contributed by atoms with Crippen LogP contribution in [0.2, 0.25) is 0 Å². The van der Waals surface area contributed by atoms with E-state index < -0.39 is 0 Å². The van der Waals surface area contributed by atoms with Crippen LogP contribution in [0.5, 0.6) is 5.75 Å². The minimum atomic E-state index is -0.227. The van der Waals surface area contributed by atoms with Crippen LogP contribution in [0.3, 0.4) is 0 Å². The zero-order valence-corrected chi connectivity index (χ0v) is 11.9. The topological polar surface area (TPSA) is 35.5 Å². The highest BCUT2D eigenvalue weighted by atomic mass is 16.5. The highest BCUT2D eigenvalue weighted by molar-refractivity contribution is 5.91. The van der Waals surface area contributed by atoms with Crippen molar-refractivity contribution in [1.29, 1.82) is 0 Å². The van der Waals surface area contributed by atoms with E-state index in [0.717, 1.165) is 41.7 Å². The predicted molar refractivity (Wildman–Crippen MR) is 77.4 cm³/mol. The molecular formula is C17H18O3. The molecule has 1 aromatic carbocycles. The van der Waals surface area contributed by atoms with Crippen LogP contribution in [0, 0.1) is 11.8 Å². The maximum atomic E-state index is 11.8. The fraction of sp³-hybridized carbons (Fsp3) is 0.353. The molecule has 3 heteroatoms. The van der Waals surface area contributed by atoms with Crippen LogP contribution in [0.4, 0.5) is 0 Å². The third-order valence-electron chi connectivity index (χ3n) is 3.19. The zero-order chi connectivity index (χ0) is 14.4. The summed E-state index contributed by atoms with van der Waals surface area (Å²) in [6.07, 6.45) is 2.56. The molecular weight excluding hydrogens is 252 g/mol. The summed E-state index contributed by atoms with van der Waals surface area (Å²) in [6.45, 7) is 2.21. The number of para-hydroxylation sites is 1. The van der Waals surface area contributed by atoms with Crippen molar-refractivity contribution in [3.63, 3.8) is 0 Å². The number of methoxy groups -OCH3 is 1. The summed E-state index contributed by atoms with van der Waals surface area (Å²) in [4.78, 5) is 11.8. The standard InChI is InChI=1S/C17H18O3/c1-3-20-17(18)15-9-6-8-13(15)11-12-14-7-4-5-10-16(14)19-2/h4-5,7,10H,3,6,8-9H2,1-2H3. The molecule has 0 amide bonds. The first-order chi connectivity index (χ1) is 9.76. The Morgan fingerprint density at radius 3 is 2.80 bits per heavy atom. The monoisotopic (exact) mass is 270 g/mol. The van der Waals surface area contributed by atoms with Gasteiger partial charge in [0.1, 0.15) is 5.75 Å². The highest BCUT2D eigenvalue weighted by Crippen LogP contribution is 2.26. The van der Waals surface area contributed by atoms with Crippen molar-refractivity contribution >= 4 is 5.97 Å². The molecule has 0 atom stereocenters. The van der Waals surface area contributed by atoms with E-state index in [2.05, 4.69) is 11.8 Å². The van der Waals surface area contributed by atoms with Gasteiger partial charge < -0.3 is 9.47 Å². The molecule has 0 bridgehead atoms. The van der Waals surface area contributed by atoms with Crippen molar-refractivity contribution in [3.8, 4) is 17.6 Å². The van der Waals surface area contributed by atoms with Crippen molar-refractivity contribution in [2.45, 2.75) is 26.2 Å². The molecule has 0 fully saturated rings. The second-order valence-corrected chi connectivity index (χ2v) is 4.48. The Morgan fingerprint density at radius 2 is 2.05 bits per heavy atom. The smallest absolute Gasteiger partial charge is 0.334 e. The molecule has 1 aromatic rings. The normalized spacial score (nSPS) is 13.7. The van der Waals surface area contributed by atoms with Crippen LogP contribution in [-0.2, 0) is 9.53 Å². The first-order valence-corrected chi connectivity index (χ1v) is 6.80. The molecule has 0 aromatic heterocycles. The minimum Gasteiger partial charge on any atom is -0.495 e. The lowest BCUT2D eigenvalue weighted by atomic mass is 10.1. The molecule has 0 saturated heterocycles. The van der Waals surface area contributed by atoms with E-state index in [1.807, 2.05) is 31.2 Å². The van der Waals surface area contributed by atoms with Crippen LogP contribution in [0.1, 0.15) is 31.7 Å². The number of carbonyl (C=O) groups excluding carboxylic acids is 1. The van der Waals surface area contributed by atoms with Crippen molar-refractivity contribution < 1.29 is 14.3 Å². The Bertz CT molecular complexity index is 588. The van der Waals surface area contributed by atoms with Gasteiger partial charge in [-0.2, -0.15) is 0 Å². The SMILES string of the molecule is CCOC(=O)C1=C(C#Cc2ccccc2OC)CCC1. The number of allylic oxidation sites excluding steroid dienone is 1. The van der Waals surface area contributed by atoms with Crippen molar-refractivity contribution in [2.24, 2.45) is 0 Å². The Balaban J connectivity index is 2.27. The molecule has 20 heavy (non-hydrogen) atoms. The third kappa shape index (κ3) is 3.21. The molecule has 0 radical (unpaired) electrons. The van der Waals surface area contributed by atoms with E-state index in [-0.39, 0.29) is 5.97 Å². The largest absolute Gasteiger partial charge is 0.495 e. The van der Waals surface area contributed by atoms with Gasteiger partial charge in [-0.05, 0) is 38.3 Å². The van der Waals surface area contributed by atoms with E-state index in [9.17, 15) is 4.79 Å². The zero-order valence-electron chi connectivity index (χ0n) is 11.9. The summed E-state index contributed by atoms with van der Waals surface area (Å²) >= 11 is 0. The quantitative estimate of drug-likeness (QED) is 0.625. The lowest BCUT2D eigenvalue weighted by Gasteiger charge is -2.03. The number of esters is 1. The summed E-state index contributed by atoms with van der Waals surface area (Å²) in [7, 11) is 1.62. The lowest BCUT2D eigenvalue weighted by Crippen LogP contribution is -2.07. The second kappa shape index (κ2) is 6.81. The van der Waals surface area contributed by atoms with Crippen molar-refractivity contribution in [1.82, 2.24) is 0 Å². The van der Waals surface area contributed by atoms with Crippen LogP contribution in [0.25, 0.3) is 0 Å². The number of carbonyl (C=O) groups is 1. The minimum absolute atomic E-state index is 0.227. The van der Waals surface area contributed by atoms with Crippen molar-refractivity contribution in [3.05, 3.63) is 41.0 Å². The van der Waals surface area contributed by atoms with Gasteiger partial charge in [0, 0.05) is 11.1 Å². The summed E-state index contributed by atoms with van der Waals surface area (Å²) in [5, 5.41) is 0. The van der Waals surface area contributed by atoms with Gasteiger partial charge in [0.2, 0.25) is 0 Å². The van der Waals surface area contributed by atoms with Gasteiger partial charge in [0.25, 0.3) is 0 Å². The molecule has 0 spiro atoms. The summed E-state index contributed by atoms with van der Waals surface area (Å²) in [6, 6.07) is 7.61. The first-order valence-electron chi connectivity index (χ1n) is 6.80. The number of hydrogen-bond donors (Lipinski definition) is 0. The van der Waals surface area contributed by atoms with E-state index >= 15 is 0 Å². The maximum absolute atomic E-state index is 11.8. The van der Waals surface area contributed by atoms with E-state index in [1.165, 1.54) is 0 Å². The highest BCUT2D eigenvalue weighted by Gasteiger charge is 2.20. The fourth-order valence-corrected chi connectivity index (χ4v) is 2.22. The maximum Gasteiger partial charge on any atom is 0.334 e. The fourth-order valence-electron chi connectivity index (χ4n) is 2.22. The van der Waals surface area contributed by atoms with E-state index in [4.69, 9.17) is 9.47 Å². The summed E-state index contributed by atoms with van der Waals surface area (Å²) < 4.78 is 10.3. The van der Waals surface area contributed by atoms with Gasteiger partial charge in [0.05, 0.1) is 19.3 Å². The molecule has 2 rings (SSSR count). The van der Waals surface area contributed by atoms with Crippen LogP contribution in [0.15, 0.2) is 35.4 Å². The molecule has 0 saturated carbocycles. The molecule has 3 nitrogen and oxygen atoms in total. The van der Waals surface area contributed by atoms with Crippen LogP contribution < -0.4 is 4.74 Å². The first kappa shape index (κ1) is 14.2. The Labute approximate surface area is 119 Å². The molecule has 0 aliphatic heterocycles. The van der Waals surface area contributed by atoms with Gasteiger partial charge >= 0.3 is 5.97 Å². The van der Waals surface area contributed by atoms with Crippen LogP contribution >= 0.6 is 0 Å². The molecule has 1 aliphatic rings. The molecule has 104 valence electrons. The molecule has 1 aliphatic carbocycles. The van der Waals surface area contributed by atoms with E-state index in [1.54, 1.807) is 7.11 Å². The number of rotatable bonds is 3. The van der Waals surface area contributed by atoms with Gasteiger partial charge in [0.15, 0.2) is 0 Å². The number of ether oxygens (including phenoxy) is 2. The lowest BCUT2D eigenvalue weighted by molar-refractivity contribution is -0.138. The molecule has 0 unspecified atom stereocenters. The Hall–Kier alpha value is -2.21. The third-order valence-corrected chi connectivity index (χ3v) is 3.19. The molecule has 0 N–H and O–H groups in total. The van der Waals surface area contributed by atoms with Gasteiger partial charge in [-0.25, -0.2) is 4.79 Å². The Morgan fingerprint density at radius 1 is 1.25 bits per heavy atom. The average molecular weight is 270 g/mol. The van der Waals surface area contributed by atoms with Gasteiger partial charge in [-0.15, -0.1) is 0 Å². The van der Waals surface area contributed by atoms with Gasteiger partial charge in [-0.1, -0.05) is 24.0 Å². The van der Waals surface area contributed by atoms with Crippen molar-refractivity contribution in [2.75, 3.05) is 13.7 Å². The average Bonchev–Trinajstić information content (AvgIpc) is 2.94. The second-order valence-electron chi connectivity index (χ2n) is 4.48. The predicted octanol–water partition coefficient (Wildman–Crippen LogP) is 3.09.